The molecule has 0 aliphatic carbocycles. The van der Waals surface area contributed by atoms with E-state index in [1.165, 1.54) is 6.92 Å². The van der Waals surface area contributed by atoms with Gasteiger partial charge in [-0.3, -0.25) is 4.79 Å². The van der Waals surface area contributed by atoms with Gasteiger partial charge in [0.15, 0.2) is 5.78 Å². The SMILES string of the molecule is CCOCCON=C(C(C)=O)C(=O)OCC. The van der Waals surface area contributed by atoms with Crippen LogP contribution in [0.3, 0.4) is 0 Å². The molecule has 0 aromatic rings. The van der Waals surface area contributed by atoms with E-state index in [-0.39, 0.29) is 18.9 Å². The van der Waals surface area contributed by atoms with Gasteiger partial charge in [-0.2, -0.15) is 0 Å². The van der Waals surface area contributed by atoms with E-state index in [9.17, 15) is 9.59 Å². The molecule has 0 fully saturated rings. The van der Waals surface area contributed by atoms with Crippen molar-refractivity contribution in [3.63, 3.8) is 0 Å². The van der Waals surface area contributed by atoms with Gasteiger partial charge in [0.1, 0.15) is 6.61 Å². The Hall–Kier alpha value is -1.43. The zero-order valence-electron chi connectivity index (χ0n) is 9.82. The summed E-state index contributed by atoms with van der Waals surface area (Å²) in [5.74, 6) is -1.26. The molecule has 0 bridgehead atoms. The number of hydrogen-bond donors (Lipinski definition) is 0. The molecule has 0 rings (SSSR count). The van der Waals surface area contributed by atoms with E-state index in [0.717, 1.165) is 0 Å². The Morgan fingerprint density at radius 3 is 2.31 bits per heavy atom. The van der Waals surface area contributed by atoms with E-state index in [0.29, 0.717) is 13.2 Å². The summed E-state index contributed by atoms with van der Waals surface area (Å²) in [6.07, 6.45) is 0. The van der Waals surface area contributed by atoms with Crippen molar-refractivity contribution in [2.75, 3.05) is 26.4 Å². The number of carbonyl (C=O) groups excluding carboxylic acids is 2. The van der Waals surface area contributed by atoms with Crippen LogP contribution < -0.4 is 0 Å². The van der Waals surface area contributed by atoms with Gasteiger partial charge in [0.05, 0.1) is 13.2 Å². The van der Waals surface area contributed by atoms with Crippen molar-refractivity contribution in [3.8, 4) is 0 Å². The lowest BCUT2D eigenvalue weighted by Gasteiger charge is -2.03. The minimum Gasteiger partial charge on any atom is -0.461 e. The Bertz CT molecular complexity index is 262. The summed E-state index contributed by atoms with van der Waals surface area (Å²) < 4.78 is 9.63. The third-order valence-corrected chi connectivity index (χ3v) is 1.48. The summed E-state index contributed by atoms with van der Waals surface area (Å²) in [6.45, 7) is 6.02. The number of hydrogen-bond acceptors (Lipinski definition) is 6. The molecule has 0 saturated carbocycles. The molecule has 0 aliphatic heterocycles. The van der Waals surface area contributed by atoms with Crippen LogP contribution in [0, 0.1) is 0 Å². The molecule has 0 radical (unpaired) electrons. The number of esters is 1. The minimum absolute atomic E-state index is 0.185. The third-order valence-electron chi connectivity index (χ3n) is 1.48. The first-order valence-electron chi connectivity index (χ1n) is 5.09. The highest BCUT2D eigenvalue weighted by molar-refractivity contribution is 6.63. The molecule has 6 heteroatoms. The van der Waals surface area contributed by atoms with E-state index in [2.05, 4.69) is 9.89 Å². The normalized spacial score (nSPS) is 11.1. The summed E-state index contributed by atoms with van der Waals surface area (Å²) in [7, 11) is 0. The van der Waals surface area contributed by atoms with Crippen molar-refractivity contribution in [2.45, 2.75) is 20.8 Å². The molecule has 0 N–H and O–H groups in total. The smallest absolute Gasteiger partial charge is 0.364 e. The molecule has 0 heterocycles. The maximum Gasteiger partial charge on any atom is 0.364 e. The first-order chi connectivity index (χ1) is 7.63. The van der Waals surface area contributed by atoms with Gasteiger partial charge in [-0.05, 0) is 13.8 Å². The second-order valence-electron chi connectivity index (χ2n) is 2.75. The zero-order valence-corrected chi connectivity index (χ0v) is 9.82. The molecular weight excluding hydrogens is 214 g/mol. The van der Waals surface area contributed by atoms with Gasteiger partial charge < -0.3 is 14.3 Å². The maximum absolute atomic E-state index is 11.2. The first-order valence-corrected chi connectivity index (χ1v) is 5.09. The van der Waals surface area contributed by atoms with Crippen LogP contribution in [0.2, 0.25) is 0 Å². The highest BCUT2D eigenvalue weighted by atomic mass is 16.6. The maximum atomic E-state index is 11.2. The molecule has 0 aromatic heterocycles. The predicted octanol–water partition coefficient (Wildman–Crippen LogP) is 0.548. The minimum atomic E-state index is -0.772. The van der Waals surface area contributed by atoms with Crippen LogP contribution in [0.5, 0.6) is 0 Å². The summed E-state index contributed by atoms with van der Waals surface area (Å²) in [5, 5.41) is 3.43. The largest absolute Gasteiger partial charge is 0.461 e. The Balaban J connectivity index is 4.15. The summed E-state index contributed by atoms with van der Waals surface area (Å²) in [6, 6.07) is 0. The first kappa shape index (κ1) is 14.6. The van der Waals surface area contributed by atoms with Gasteiger partial charge in [-0.1, -0.05) is 5.16 Å². The second kappa shape index (κ2) is 8.84. The van der Waals surface area contributed by atoms with E-state index in [4.69, 9.17) is 9.57 Å². The lowest BCUT2D eigenvalue weighted by atomic mass is 10.3. The van der Waals surface area contributed by atoms with Gasteiger partial charge in [0.25, 0.3) is 0 Å². The molecule has 0 amide bonds. The van der Waals surface area contributed by atoms with Gasteiger partial charge in [0, 0.05) is 13.5 Å². The predicted molar refractivity (Wildman–Crippen MR) is 57.2 cm³/mol. The number of rotatable bonds is 8. The zero-order chi connectivity index (χ0) is 12.4. The fourth-order valence-corrected chi connectivity index (χ4v) is 0.795. The molecule has 0 spiro atoms. The van der Waals surface area contributed by atoms with Crippen LogP contribution in [0.15, 0.2) is 5.16 Å². The number of nitrogens with zero attached hydrogens (tertiary/aromatic N) is 1. The van der Waals surface area contributed by atoms with Crippen molar-refractivity contribution >= 4 is 17.5 Å². The number of ketones is 1. The van der Waals surface area contributed by atoms with Crippen molar-refractivity contribution in [1.29, 1.82) is 0 Å². The van der Waals surface area contributed by atoms with Crippen LogP contribution in [0.4, 0.5) is 0 Å². The molecule has 0 aliphatic rings. The van der Waals surface area contributed by atoms with E-state index < -0.39 is 11.8 Å². The highest BCUT2D eigenvalue weighted by Crippen LogP contribution is 1.90. The summed E-state index contributed by atoms with van der Waals surface area (Å²) in [4.78, 5) is 27.0. The van der Waals surface area contributed by atoms with Gasteiger partial charge in [0.2, 0.25) is 5.71 Å². The Morgan fingerprint density at radius 1 is 1.12 bits per heavy atom. The molecule has 0 saturated heterocycles. The summed E-state index contributed by atoms with van der Waals surface area (Å²) in [5.41, 5.74) is -0.335. The number of oxime groups is 1. The van der Waals surface area contributed by atoms with E-state index in [1.54, 1.807) is 6.92 Å². The third kappa shape index (κ3) is 6.13. The Labute approximate surface area is 94.5 Å². The van der Waals surface area contributed by atoms with E-state index in [1.807, 2.05) is 6.92 Å². The van der Waals surface area contributed by atoms with Gasteiger partial charge >= 0.3 is 5.97 Å². The average molecular weight is 231 g/mol. The highest BCUT2D eigenvalue weighted by Gasteiger charge is 2.18. The number of ether oxygens (including phenoxy) is 2. The fourth-order valence-electron chi connectivity index (χ4n) is 0.795. The van der Waals surface area contributed by atoms with Crippen LogP contribution in [0.25, 0.3) is 0 Å². The molecule has 92 valence electrons. The van der Waals surface area contributed by atoms with E-state index >= 15 is 0 Å². The van der Waals surface area contributed by atoms with Gasteiger partial charge in [-0.15, -0.1) is 0 Å². The standard InChI is InChI=1S/C10H17NO5/c1-4-14-6-7-16-11-9(8(3)12)10(13)15-5-2/h4-7H2,1-3H3. The lowest BCUT2D eigenvalue weighted by Crippen LogP contribution is -2.25. The van der Waals surface area contributed by atoms with Crippen LogP contribution >= 0.6 is 0 Å². The Morgan fingerprint density at radius 2 is 1.81 bits per heavy atom. The second-order valence-corrected chi connectivity index (χ2v) is 2.75. The topological polar surface area (TPSA) is 74.2 Å². The average Bonchev–Trinajstić information content (AvgIpc) is 2.23. The Kier molecular flexibility index (Phi) is 8.05. The molecular formula is C10H17NO5. The van der Waals surface area contributed by atoms with Crippen molar-refractivity contribution < 1.29 is 23.9 Å². The fraction of sp³-hybridized carbons (Fsp3) is 0.700. The van der Waals surface area contributed by atoms with Crippen molar-refractivity contribution in [3.05, 3.63) is 0 Å². The van der Waals surface area contributed by atoms with Crippen molar-refractivity contribution in [1.82, 2.24) is 0 Å². The monoisotopic (exact) mass is 231 g/mol. The van der Waals surface area contributed by atoms with Crippen LogP contribution in [-0.4, -0.2) is 43.9 Å². The van der Waals surface area contributed by atoms with Crippen LogP contribution in [0.1, 0.15) is 20.8 Å². The lowest BCUT2D eigenvalue weighted by molar-refractivity contribution is -0.136. The molecule has 0 atom stereocenters. The van der Waals surface area contributed by atoms with Crippen molar-refractivity contribution in [2.24, 2.45) is 5.16 Å². The molecule has 0 aromatic carbocycles. The molecule has 6 nitrogen and oxygen atoms in total. The van der Waals surface area contributed by atoms with Gasteiger partial charge in [-0.25, -0.2) is 4.79 Å². The summed E-state index contributed by atoms with van der Waals surface area (Å²) >= 11 is 0. The molecule has 0 unspecified atom stereocenters. The number of Topliss-reactive ketones (excluding diaryl/α,β-unsaturated/α-hetero) is 1. The van der Waals surface area contributed by atoms with Crippen LogP contribution in [-0.2, 0) is 23.9 Å². The molecule has 16 heavy (non-hydrogen) atoms. The quantitative estimate of drug-likeness (QED) is 0.200. The number of carbonyl (C=O) groups is 2.